The van der Waals surface area contributed by atoms with Crippen LogP contribution in [0.3, 0.4) is 0 Å². The van der Waals surface area contributed by atoms with Crippen LogP contribution in [0, 0.1) is 0 Å². The van der Waals surface area contributed by atoms with Crippen LogP contribution in [0.4, 0.5) is 0 Å². The van der Waals surface area contributed by atoms with Gasteiger partial charge in [-0.1, -0.05) is 18.2 Å². The van der Waals surface area contributed by atoms with Crippen molar-refractivity contribution in [1.82, 2.24) is 4.90 Å². The van der Waals surface area contributed by atoms with Crippen molar-refractivity contribution in [1.29, 1.82) is 0 Å². The second-order valence-corrected chi connectivity index (χ2v) is 3.47. The van der Waals surface area contributed by atoms with E-state index in [-0.39, 0.29) is 12.0 Å². The molecule has 0 N–H and O–H groups in total. The highest BCUT2D eigenvalue weighted by molar-refractivity contribution is 5.83. The lowest BCUT2D eigenvalue weighted by Gasteiger charge is -2.12. The first-order valence-corrected chi connectivity index (χ1v) is 4.74. The molecule has 1 amide bonds. The minimum Gasteiger partial charge on any atom is -0.481 e. The fourth-order valence-corrected chi connectivity index (χ4v) is 1.56. The molecule has 0 aliphatic carbocycles. The van der Waals surface area contributed by atoms with Crippen molar-refractivity contribution < 1.29 is 9.53 Å². The van der Waals surface area contributed by atoms with E-state index in [0.29, 0.717) is 0 Å². The Morgan fingerprint density at radius 2 is 2.07 bits per heavy atom. The van der Waals surface area contributed by atoms with E-state index >= 15 is 0 Å². The molecule has 2 rings (SSSR count). The Kier molecular flexibility index (Phi) is 2.39. The number of amides is 1. The molecule has 1 aliphatic rings. The predicted octanol–water partition coefficient (Wildman–Crippen LogP) is 1.30. The summed E-state index contributed by atoms with van der Waals surface area (Å²) in [5, 5.41) is 0. The molecule has 3 heteroatoms. The second kappa shape index (κ2) is 3.70. The molecule has 0 radical (unpaired) electrons. The van der Waals surface area contributed by atoms with Gasteiger partial charge >= 0.3 is 0 Å². The van der Waals surface area contributed by atoms with Crippen LogP contribution in [0.25, 0.3) is 0 Å². The summed E-state index contributed by atoms with van der Waals surface area (Å²) in [7, 11) is 1.80. The molecule has 0 spiro atoms. The van der Waals surface area contributed by atoms with Gasteiger partial charge < -0.3 is 9.64 Å². The zero-order valence-electron chi connectivity index (χ0n) is 8.14. The van der Waals surface area contributed by atoms with Gasteiger partial charge in [0.15, 0.2) is 6.10 Å². The summed E-state index contributed by atoms with van der Waals surface area (Å²) in [6, 6.07) is 9.46. The minimum absolute atomic E-state index is 0.0776. The molecule has 0 saturated carbocycles. The third-order valence-electron chi connectivity index (χ3n) is 2.40. The number of nitrogens with zero attached hydrogens (tertiary/aromatic N) is 1. The summed E-state index contributed by atoms with van der Waals surface area (Å²) in [4.78, 5) is 13.2. The van der Waals surface area contributed by atoms with Crippen LogP contribution in [-0.4, -0.2) is 30.5 Å². The molecule has 1 aromatic rings. The lowest BCUT2D eigenvalue weighted by atomic mass is 10.3. The van der Waals surface area contributed by atoms with Gasteiger partial charge in [0.05, 0.1) is 0 Å². The van der Waals surface area contributed by atoms with Crippen molar-refractivity contribution in [3.05, 3.63) is 30.3 Å². The summed E-state index contributed by atoms with van der Waals surface area (Å²) in [5.41, 5.74) is 0. The van der Waals surface area contributed by atoms with E-state index in [1.54, 1.807) is 11.9 Å². The smallest absolute Gasteiger partial charge is 0.263 e. The molecular formula is C11H13NO2. The monoisotopic (exact) mass is 191 g/mol. The van der Waals surface area contributed by atoms with Crippen LogP contribution < -0.4 is 4.74 Å². The van der Waals surface area contributed by atoms with Gasteiger partial charge in [-0.2, -0.15) is 0 Å². The molecule has 1 aliphatic heterocycles. The van der Waals surface area contributed by atoms with Crippen LogP contribution in [0.5, 0.6) is 5.75 Å². The number of carbonyl (C=O) groups excluding carboxylic acids is 1. The second-order valence-electron chi connectivity index (χ2n) is 3.47. The van der Waals surface area contributed by atoms with Crippen molar-refractivity contribution in [2.24, 2.45) is 0 Å². The summed E-state index contributed by atoms with van der Waals surface area (Å²) >= 11 is 0. The largest absolute Gasteiger partial charge is 0.481 e. The molecule has 1 atom stereocenters. The number of hydrogen-bond acceptors (Lipinski definition) is 2. The Balaban J connectivity index is 2.02. The van der Waals surface area contributed by atoms with Crippen molar-refractivity contribution in [3.63, 3.8) is 0 Å². The minimum atomic E-state index is -0.289. The molecule has 1 aromatic carbocycles. The molecule has 14 heavy (non-hydrogen) atoms. The van der Waals surface area contributed by atoms with Gasteiger partial charge in [0, 0.05) is 20.0 Å². The van der Waals surface area contributed by atoms with Crippen LogP contribution in [0.15, 0.2) is 30.3 Å². The Morgan fingerprint density at radius 3 is 2.64 bits per heavy atom. The standard InChI is InChI=1S/C11H13NO2/c1-12-8-7-10(11(12)13)14-9-5-3-2-4-6-9/h2-6,10H,7-8H2,1H3. The van der Waals surface area contributed by atoms with Crippen molar-refractivity contribution in [3.8, 4) is 5.75 Å². The zero-order valence-corrected chi connectivity index (χ0v) is 8.14. The summed E-state index contributed by atoms with van der Waals surface area (Å²) in [5.74, 6) is 0.843. The maximum atomic E-state index is 11.5. The molecule has 1 heterocycles. The maximum absolute atomic E-state index is 11.5. The van der Waals surface area contributed by atoms with E-state index in [9.17, 15) is 4.79 Å². The fraction of sp³-hybridized carbons (Fsp3) is 0.364. The Hall–Kier alpha value is -1.51. The third-order valence-corrected chi connectivity index (χ3v) is 2.40. The molecule has 1 fully saturated rings. The number of hydrogen-bond donors (Lipinski definition) is 0. The van der Waals surface area contributed by atoms with Gasteiger partial charge in [-0.05, 0) is 12.1 Å². The van der Waals surface area contributed by atoms with E-state index in [1.807, 2.05) is 30.3 Å². The zero-order chi connectivity index (χ0) is 9.97. The van der Waals surface area contributed by atoms with Crippen LogP contribution in [-0.2, 0) is 4.79 Å². The number of likely N-dealkylation sites (tertiary alicyclic amines) is 1. The molecule has 74 valence electrons. The van der Waals surface area contributed by atoms with Crippen LogP contribution >= 0.6 is 0 Å². The molecule has 1 saturated heterocycles. The average molecular weight is 191 g/mol. The van der Waals surface area contributed by atoms with E-state index in [4.69, 9.17) is 4.74 Å². The van der Waals surface area contributed by atoms with Gasteiger partial charge in [0.25, 0.3) is 5.91 Å². The lowest BCUT2D eigenvalue weighted by molar-refractivity contribution is -0.132. The SMILES string of the molecule is CN1CCC(Oc2ccccc2)C1=O. The number of para-hydroxylation sites is 1. The van der Waals surface area contributed by atoms with Gasteiger partial charge in [0.2, 0.25) is 0 Å². The van der Waals surface area contributed by atoms with Crippen molar-refractivity contribution >= 4 is 5.91 Å². The van der Waals surface area contributed by atoms with Gasteiger partial charge in [0.1, 0.15) is 5.75 Å². The molecular weight excluding hydrogens is 178 g/mol. The van der Waals surface area contributed by atoms with E-state index < -0.39 is 0 Å². The molecule has 0 bridgehead atoms. The Labute approximate surface area is 83.3 Å². The number of rotatable bonds is 2. The molecule has 0 aromatic heterocycles. The summed E-state index contributed by atoms with van der Waals surface area (Å²) < 4.78 is 5.57. The topological polar surface area (TPSA) is 29.5 Å². The van der Waals surface area contributed by atoms with Gasteiger partial charge in [-0.3, -0.25) is 4.79 Å². The number of carbonyl (C=O) groups is 1. The highest BCUT2D eigenvalue weighted by Crippen LogP contribution is 2.17. The Bertz CT molecular complexity index is 323. The average Bonchev–Trinajstić information content (AvgIpc) is 2.52. The highest BCUT2D eigenvalue weighted by atomic mass is 16.5. The van der Waals surface area contributed by atoms with Gasteiger partial charge in [-0.15, -0.1) is 0 Å². The van der Waals surface area contributed by atoms with E-state index in [0.717, 1.165) is 18.7 Å². The van der Waals surface area contributed by atoms with Crippen LogP contribution in [0.1, 0.15) is 6.42 Å². The third kappa shape index (κ3) is 1.71. The fourth-order valence-electron chi connectivity index (χ4n) is 1.56. The van der Waals surface area contributed by atoms with Crippen LogP contribution in [0.2, 0.25) is 0 Å². The first-order chi connectivity index (χ1) is 6.77. The van der Waals surface area contributed by atoms with E-state index in [2.05, 4.69) is 0 Å². The predicted molar refractivity (Wildman–Crippen MR) is 53.1 cm³/mol. The summed E-state index contributed by atoms with van der Waals surface area (Å²) in [6.07, 6.45) is 0.493. The Morgan fingerprint density at radius 1 is 1.36 bits per heavy atom. The first-order valence-electron chi connectivity index (χ1n) is 4.74. The molecule has 1 unspecified atom stereocenters. The quantitative estimate of drug-likeness (QED) is 0.705. The van der Waals surface area contributed by atoms with Crippen molar-refractivity contribution in [2.75, 3.05) is 13.6 Å². The number of ether oxygens (including phenoxy) is 1. The number of benzene rings is 1. The normalized spacial score (nSPS) is 21.4. The number of likely N-dealkylation sites (N-methyl/N-ethyl adjacent to an activating group) is 1. The highest BCUT2D eigenvalue weighted by Gasteiger charge is 2.30. The summed E-state index contributed by atoms with van der Waals surface area (Å²) in [6.45, 7) is 0.788. The van der Waals surface area contributed by atoms with Crippen molar-refractivity contribution in [2.45, 2.75) is 12.5 Å². The maximum Gasteiger partial charge on any atom is 0.263 e. The first kappa shape index (κ1) is 9.06. The van der Waals surface area contributed by atoms with Gasteiger partial charge in [-0.25, -0.2) is 0 Å². The van der Waals surface area contributed by atoms with E-state index in [1.165, 1.54) is 0 Å². The lowest BCUT2D eigenvalue weighted by Crippen LogP contribution is -2.29. The molecule has 3 nitrogen and oxygen atoms in total.